The second-order valence-electron chi connectivity index (χ2n) is 7.52. The normalized spacial score (nSPS) is 22.5. The first kappa shape index (κ1) is 19.4. The lowest BCUT2D eigenvalue weighted by atomic mass is 9.94. The number of rotatable bonds is 7. The van der Waals surface area contributed by atoms with Crippen LogP contribution in [0.1, 0.15) is 41.2 Å². The van der Waals surface area contributed by atoms with Gasteiger partial charge in [-0.25, -0.2) is 0 Å². The molecule has 3 aromatic rings. The SMILES string of the molecule is COC(=O)[C@]1(N[C@@H](c2ccccc2)[C@H](O)c2ccccc2)C[C@@H]1c1ccccc1. The number of benzene rings is 3. The highest BCUT2D eigenvalue weighted by Gasteiger charge is 2.62. The monoisotopic (exact) mass is 387 g/mol. The number of hydrogen-bond donors (Lipinski definition) is 2. The highest BCUT2D eigenvalue weighted by atomic mass is 16.5. The maximum Gasteiger partial charge on any atom is 0.326 e. The van der Waals surface area contributed by atoms with Crippen molar-refractivity contribution >= 4 is 5.97 Å². The van der Waals surface area contributed by atoms with Crippen molar-refractivity contribution in [1.82, 2.24) is 5.32 Å². The van der Waals surface area contributed by atoms with E-state index < -0.39 is 17.7 Å². The fraction of sp³-hybridized carbons (Fsp3) is 0.240. The Morgan fingerprint density at radius 1 is 0.931 bits per heavy atom. The van der Waals surface area contributed by atoms with Crippen molar-refractivity contribution in [3.63, 3.8) is 0 Å². The van der Waals surface area contributed by atoms with Gasteiger partial charge in [-0.3, -0.25) is 10.1 Å². The second kappa shape index (κ2) is 8.19. The molecule has 0 amide bonds. The highest BCUT2D eigenvalue weighted by molar-refractivity contribution is 5.87. The minimum Gasteiger partial charge on any atom is -0.468 e. The third-order valence-electron chi connectivity index (χ3n) is 5.74. The van der Waals surface area contributed by atoms with E-state index >= 15 is 0 Å². The molecule has 0 aromatic heterocycles. The van der Waals surface area contributed by atoms with Gasteiger partial charge in [-0.2, -0.15) is 0 Å². The van der Waals surface area contributed by atoms with Gasteiger partial charge in [0.05, 0.1) is 19.3 Å². The molecule has 4 atom stereocenters. The van der Waals surface area contributed by atoms with Crippen LogP contribution in [0.25, 0.3) is 0 Å². The molecule has 1 fully saturated rings. The number of carbonyl (C=O) groups is 1. The van der Waals surface area contributed by atoms with E-state index in [2.05, 4.69) is 5.32 Å². The number of esters is 1. The van der Waals surface area contributed by atoms with Crippen molar-refractivity contribution in [2.24, 2.45) is 0 Å². The van der Waals surface area contributed by atoms with E-state index in [9.17, 15) is 9.90 Å². The van der Waals surface area contributed by atoms with Gasteiger partial charge in [-0.1, -0.05) is 91.0 Å². The first-order valence-corrected chi connectivity index (χ1v) is 9.85. The maximum absolute atomic E-state index is 12.8. The number of aliphatic hydroxyl groups is 1. The molecule has 1 aliphatic carbocycles. The van der Waals surface area contributed by atoms with E-state index in [0.717, 1.165) is 16.7 Å². The first-order chi connectivity index (χ1) is 14.2. The van der Waals surface area contributed by atoms with Gasteiger partial charge >= 0.3 is 5.97 Å². The average molecular weight is 387 g/mol. The molecule has 148 valence electrons. The van der Waals surface area contributed by atoms with E-state index in [4.69, 9.17) is 4.74 Å². The lowest BCUT2D eigenvalue weighted by molar-refractivity contribution is -0.145. The van der Waals surface area contributed by atoms with Crippen molar-refractivity contribution in [1.29, 1.82) is 0 Å². The predicted octanol–water partition coefficient (Wildman–Crippen LogP) is 4.15. The Bertz CT molecular complexity index is 946. The number of methoxy groups -OCH3 is 1. The molecule has 0 saturated heterocycles. The van der Waals surface area contributed by atoms with E-state index in [0.29, 0.717) is 6.42 Å². The molecular formula is C25H25NO3. The molecule has 1 aliphatic rings. The van der Waals surface area contributed by atoms with Crippen molar-refractivity contribution < 1.29 is 14.6 Å². The third kappa shape index (κ3) is 3.82. The molecule has 1 saturated carbocycles. The van der Waals surface area contributed by atoms with Crippen LogP contribution in [-0.2, 0) is 9.53 Å². The summed E-state index contributed by atoms with van der Waals surface area (Å²) in [5.74, 6) is -0.294. The largest absolute Gasteiger partial charge is 0.468 e. The van der Waals surface area contributed by atoms with E-state index in [-0.39, 0.29) is 11.9 Å². The quantitative estimate of drug-likeness (QED) is 0.598. The molecule has 0 radical (unpaired) electrons. The van der Waals surface area contributed by atoms with Gasteiger partial charge in [0.2, 0.25) is 0 Å². The van der Waals surface area contributed by atoms with Gasteiger partial charge in [0.25, 0.3) is 0 Å². The highest BCUT2D eigenvalue weighted by Crippen LogP contribution is 2.54. The lowest BCUT2D eigenvalue weighted by Crippen LogP contribution is -2.45. The Labute approximate surface area is 171 Å². The zero-order valence-corrected chi connectivity index (χ0v) is 16.4. The van der Waals surface area contributed by atoms with E-state index in [1.807, 2.05) is 91.0 Å². The first-order valence-electron chi connectivity index (χ1n) is 9.85. The van der Waals surface area contributed by atoms with Crippen LogP contribution in [0, 0.1) is 0 Å². The minimum atomic E-state index is -0.855. The van der Waals surface area contributed by atoms with Crippen LogP contribution in [0.4, 0.5) is 0 Å². The van der Waals surface area contributed by atoms with Crippen LogP contribution >= 0.6 is 0 Å². The third-order valence-corrected chi connectivity index (χ3v) is 5.74. The second-order valence-corrected chi connectivity index (χ2v) is 7.52. The standard InChI is InChI=1S/C25H25NO3/c1-29-24(28)25(17-21(25)18-11-5-2-6-12-18)26-22(19-13-7-3-8-14-19)23(27)20-15-9-4-10-16-20/h2-16,21-23,26-27H,17H2,1H3/t21-,22+,23-,25+/m1/s1. The molecule has 3 aromatic carbocycles. The number of hydrogen-bond acceptors (Lipinski definition) is 4. The van der Waals surface area contributed by atoms with Gasteiger partial charge in [-0.15, -0.1) is 0 Å². The van der Waals surface area contributed by atoms with Crippen LogP contribution in [-0.4, -0.2) is 23.7 Å². The summed E-state index contributed by atoms with van der Waals surface area (Å²) in [6.07, 6.45) is -0.175. The van der Waals surface area contributed by atoms with Gasteiger partial charge in [0, 0.05) is 5.92 Å². The minimum absolute atomic E-state index is 0.00494. The van der Waals surface area contributed by atoms with Crippen LogP contribution < -0.4 is 5.32 Å². The van der Waals surface area contributed by atoms with Gasteiger partial charge in [-0.05, 0) is 23.1 Å². The summed E-state index contributed by atoms with van der Waals surface area (Å²) in [5.41, 5.74) is 1.95. The van der Waals surface area contributed by atoms with Crippen molar-refractivity contribution in [3.05, 3.63) is 108 Å². The number of carbonyl (C=O) groups excluding carboxylic acids is 1. The Balaban J connectivity index is 1.70. The smallest absolute Gasteiger partial charge is 0.326 e. The fourth-order valence-electron chi connectivity index (χ4n) is 4.10. The van der Waals surface area contributed by atoms with Crippen molar-refractivity contribution in [3.8, 4) is 0 Å². The van der Waals surface area contributed by atoms with Crippen molar-refractivity contribution in [2.45, 2.75) is 30.0 Å². The molecule has 0 heterocycles. The molecule has 0 spiro atoms. The molecule has 4 heteroatoms. The Morgan fingerprint density at radius 2 is 1.45 bits per heavy atom. The Kier molecular flexibility index (Phi) is 5.47. The maximum atomic E-state index is 12.8. The summed E-state index contributed by atoms with van der Waals surface area (Å²) in [5, 5.41) is 14.7. The molecule has 0 bridgehead atoms. The molecular weight excluding hydrogens is 362 g/mol. The Hall–Kier alpha value is -2.95. The fourth-order valence-corrected chi connectivity index (χ4v) is 4.10. The van der Waals surface area contributed by atoms with Crippen LogP contribution in [0.15, 0.2) is 91.0 Å². The van der Waals surface area contributed by atoms with Gasteiger partial charge in [0.1, 0.15) is 5.54 Å². The lowest BCUT2D eigenvalue weighted by Gasteiger charge is -2.30. The molecule has 0 unspecified atom stereocenters. The summed E-state index contributed by atoms with van der Waals surface area (Å²) >= 11 is 0. The number of ether oxygens (including phenoxy) is 1. The van der Waals surface area contributed by atoms with Crippen molar-refractivity contribution in [2.75, 3.05) is 7.11 Å². The number of nitrogens with one attached hydrogen (secondary N) is 1. The zero-order valence-electron chi connectivity index (χ0n) is 16.4. The average Bonchev–Trinajstić information content (AvgIpc) is 3.54. The van der Waals surface area contributed by atoms with E-state index in [1.54, 1.807) is 0 Å². The van der Waals surface area contributed by atoms with Crippen LogP contribution in [0.3, 0.4) is 0 Å². The van der Waals surface area contributed by atoms with Crippen LogP contribution in [0.2, 0.25) is 0 Å². The van der Waals surface area contributed by atoms with Gasteiger partial charge < -0.3 is 9.84 Å². The summed E-state index contributed by atoms with van der Waals surface area (Å²) < 4.78 is 5.17. The summed E-state index contributed by atoms with van der Waals surface area (Å²) in [4.78, 5) is 12.8. The number of aliphatic hydroxyl groups excluding tert-OH is 1. The summed E-state index contributed by atoms with van der Waals surface area (Å²) in [6.45, 7) is 0. The zero-order chi connectivity index (χ0) is 20.3. The Morgan fingerprint density at radius 3 is 2.00 bits per heavy atom. The molecule has 0 aliphatic heterocycles. The topological polar surface area (TPSA) is 58.6 Å². The van der Waals surface area contributed by atoms with Crippen LogP contribution in [0.5, 0.6) is 0 Å². The summed E-state index contributed by atoms with van der Waals surface area (Å²) in [7, 11) is 1.41. The molecule has 2 N–H and O–H groups in total. The van der Waals surface area contributed by atoms with E-state index in [1.165, 1.54) is 7.11 Å². The molecule has 4 nitrogen and oxygen atoms in total. The molecule has 29 heavy (non-hydrogen) atoms. The van der Waals surface area contributed by atoms with Gasteiger partial charge in [0.15, 0.2) is 0 Å². The molecule has 4 rings (SSSR count). The summed E-state index contributed by atoms with van der Waals surface area (Å²) in [6, 6.07) is 28.8. The predicted molar refractivity (Wildman–Crippen MR) is 112 cm³/mol.